The lowest BCUT2D eigenvalue weighted by Crippen LogP contribution is -2.14. The molecule has 0 spiro atoms. The minimum absolute atomic E-state index is 0. The van der Waals surface area contributed by atoms with Gasteiger partial charge in [0.15, 0.2) is 11.5 Å². The van der Waals surface area contributed by atoms with Crippen LogP contribution >= 0.6 is 12.4 Å². The Hall–Kier alpha value is -1.86. The quantitative estimate of drug-likeness (QED) is 0.929. The molecule has 0 amide bonds. The zero-order valence-electron chi connectivity index (χ0n) is 12.2. The average molecular weight is 330 g/mol. The third-order valence-electron chi connectivity index (χ3n) is 3.46. The number of alkyl halides is 1. The van der Waals surface area contributed by atoms with E-state index in [0.29, 0.717) is 36.2 Å². The van der Waals surface area contributed by atoms with Gasteiger partial charge in [-0.15, -0.1) is 12.4 Å². The van der Waals surface area contributed by atoms with Gasteiger partial charge in [0.25, 0.3) is 0 Å². The van der Waals surface area contributed by atoms with Crippen molar-refractivity contribution in [3.8, 4) is 22.9 Å². The van der Waals surface area contributed by atoms with Crippen LogP contribution in [0.25, 0.3) is 11.4 Å². The second kappa shape index (κ2) is 6.93. The predicted octanol–water partition coefficient (Wildman–Crippen LogP) is 2.55. The fraction of sp³-hybridized carbons (Fsp3) is 0.429. The number of halogens is 2. The number of methoxy groups -OCH3 is 2. The summed E-state index contributed by atoms with van der Waals surface area (Å²) >= 11 is 0. The Labute approximate surface area is 133 Å². The van der Waals surface area contributed by atoms with E-state index < -0.39 is 6.17 Å². The summed E-state index contributed by atoms with van der Waals surface area (Å²) in [7, 11) is 3.14. The van der Waals surface area contributed by atoms with Gasteiger partial charge in [0.2, 0.25) is 11.7 Å². The summed E-state index contributed by atoms with van der Waals surface area (Å²) in [5.74, 6) is 2.06. The van der Waals surface area contributed by atoms with Gasteiger partial charge < -0.3 is 19.3 Å². The van der Waals surface area contributed by atoms with Gasteiger partial charge in [-0.3, -0.25) is 0 Å². The van der Waals surface area contributed by atoms with E-state index in [9.17, 15) is 4.39 Å². The van der Waals surface area contributed by atoms with Crippen molar-refractivity contribution < 1.29 is 18.4 Å². The van der Waals surface area contributed by atoms with Crippen molar-refractivity contribution in [2.24, 2.45) is 0 Å². The van der Waals surface area contributed by atoms with E-state index in [1.165, 1.54) is 0 Å². The Bertz CT molecular complexity index is 638. The second-order valence-corrected chi connectivity index (χ2v) is 4.82. The van der Waals surface area contributed by atoms with Crippen LogP contribution < -0.4 is 14.8 Å². The molecule has 0 aliphatic carbocycles. The Morgan fingerprint density at radius 1 is 1.27 bits per heavy atom. The standard InChI is InChI=1S/C14H16FN3O3.ClH/c1-19-11-4-3-8(5-12(11)20-2)13-17-14(21-18-13)10-6-9(15)7-16-10;/h3-5,9-10,16H,6-7H2,1-2H3;1H/t9-,10+;/m0./s1. The maximum absolute atomic E-state index is 13.2. The summed E-state index contributed by atoms with van der Waals surface area (Å²) in [6, 6.07) is 5.14. The highest BCUT2D eigenvalue weighted by molar-refractivity contribution is 5.85. The molecule has 0 saturated carbocycles. The topological polar surface area (TPSA) is 69.4 Å². The van der Waals surface area contributed by atoms with Gasteiger partial charge in [-0.05, 0) is 18.2 Å². The zero-order chi connectivity index (χ0) is 14.8. The maximum Gasteiger partial charge on any atom is 0.244 e. The first-order valence-corrected chi connectivity index (χ1v) is 6.64. The molecule has 0 bridgehead atoms. The van der Waals surface area contributed by atoms with Crippen molar-refractivity contribution >= 4 is 12.4 Å². The van der Waals surface area contributed by atoms with Gasteiger partial charge >= 0.3 is 0 Å². The monoisotopic (exact) mass is 329 g/mol. The summed E-state index contributed by atoms with van der Waals surface area (Å²) in [6.07, 6.45) is -0.514. The summed E-state index contributed by atoms with van der Waals surface area (Å²) in [5, 5.41) is 6.95. The van der Waals surface area contributed by atoms with Crippen LogP contribution in [0.5, 0.6) is 11.5 Å². The Morgan fingerprint density at radius 3 is 2.68 bits per heavy atom. The molecule has 1 aliphatic heterocycles. The van der Waals surface area contributed by atoms with Crippen molar-refractivity contribution in [2.75, 3.05) is 20.8 Å². The van der Waals surface area contributed by atoms with Gasteiger partial charge in [0.1, 0.15) is 6.17 Å². The first-order chi connectivity index (χ1) is 10.2. The third-order valence-corrected chi connectivity index (χ3v) is 3.46. The SMILES string of the molecule is COc1ccc(-c2noc([C@H]3C[C@H](F)CN3)n2)cc1OC.Cl. The minimum Gasteiger partial charge on any atom is -0.493 e. The molecule has 2 heterocycles. The van der Waals surface area contributed by atoms with Crippen LogP contribution in [0.3, 0.4) is 0 Å². The second-order valence-electron chi connectivity index (χ2n) is 4.82. The van der Waals surface area contributed by atoms with Gasteiger partial charge in [-0.2, -0.15) is 4.98 Å². The lowest BCUT2D eigenvalue weighted by atomic mass is 10.2. The molecule has 0 unspecified atom stereocenters. The first-order valence-electron chi connectivity index (χ1n) is 6.64. The summed E-state index contributed by atoms with van der Waals surface area (Å²) in [5.41, 5.74) is 0.748. The molecule has 0 radical (unpaired) electrons. The molecular formula is C14H17ClFN3O3. The predicted molar refractivity (Wildman–Crippen MR) is 80.3 cm³/mol. The molecule has 2 aromatic rings. The lowest BCUT2D eigenvalue weighted by Gasteiger charge is -2.07. The molecule has 1 saturated heterocycles. The molecule has 1 N–H and O–H groups in total. The van der Waals surface area contributed by atoms with Crippen LogP contribution in [0, 0.1) is 0 Å². The van der Waals surface area contributed by atoms with Crippen molar-refractivity contribution in [1.82, 2.24) is 15.5 Å². The Kier molecular flexibility index (Phi) is 5.20. The molecule has 8 heteroatoms. The van der Waals surface area contributed by atoms with Gasteiger partial charge in [-0.1, -0.05) is 5.16 Å². The van der Waals surface area contributed by atoms with Gasteiger partial charge in [0.05, 0.1) is 20.3 Å². The van der Waals surface area contributed by atoms with Crippen LogP contribution in [0.15, 0.2) is 22.7 Å². The molecule has 3 rings (SSSR count). The third kappa shape index (κ3) is 3.15. The van der Waals surface area contributed by atoms with Crippen LogP contribution in [0.1, 0.15) is 18.4 Å². The van der Waals surface area contributed by atoms with Gasteiger partial charge in [0, 0.05) is 18.5 Å². The summed E-state index contributed by atoms with van der Waals surface area (Å²) in [6.45, 7) is 0.318. The highest BCUT2D eigenvalue weighted by Gasteiger charge is 2.29. The smallest absolute Gasteiger partial charge is 0.244 e. The molecule has 1 aliphatic rings. The normalized spacial score (nSPS) is 20.5. The molecule has 1 fully saturated rings. The number of nitrogens with zero attached hydrogens (tertiary/aromatic N) is 2. The Balaban J connectivity index is 0.00000176. The van der Waals surface area contributed by atoms with Crippen molar-refractivity contribution in [3.05, 3.63) is 24.1 Å². The summed E-state index contributed by atoms with van der Waals surface area (Å²) in [4.78, 5) is 4.32. The molecule has 6 nitrogen and oxygen atoms in total. The van der Waals surface area contributed by atoms with Crippen LogP contribution in [-0.4, -0.2) is 37.1 Å². The molecule has 1 aromatic heterocycles. The van der Waals surface area contributed by atoms with E-state index in [2.05, 4.69) is 15.5 Å². The number of rotatable bonds is 4. The number of hydrogen-bond donors (Lipinski definition) is 1. The molecular weight excluding hydrogens is 313 g/mol. The fourth-order valence-electron chi connectivity index (χ4n) is 2.35. The molecule has 22 heavy (non-hydrogen) atoms. The number of nitrogens with one attached hydrogen (secondary N) is 1. The highest BCUT2D eigenvalue weighted by Crippen LogP contribution is 2.32. The number of ether oxygens (including phenoxy) is 2. The number of hydrogen-bond acceptors (Lipinski definition) is 6. The minimum atomic E-state index is -0.869. The van der Waals surface area contributed by atoms with Crippen molar-refractivity contribution in [3.63, 3.8) is 0 Å². The van der Waals surface area contributed by atoms with E-state index in [4.69, 9.17) is 14.0 Å². The maximum atomic E-state index is 13.2. The van der Waals surface area contributed by atoms with Crippen LogP contribution in [0.4, 0.5) is 4.39 Å². The van der Waals surface area contributed by atoms with E-state index in [-0.39, 0.29) is 18.4 Å². The van der Waals surface area contributed by atoms with Crippen LogP contribution in [-0.2, 0) is 0 Å². The number of benzene rings is 1. The zero-order valence-corrected chi connectivity index (χ0v) is 13.0. The molecule has 1 aromatic carbocycles. The molecule has 2 atom stereocenters. The van der Waals surface area contributed by atoms with Gasteiger partial charge in [-0.25, -0.2) is 4.39 Å². The largest absolute Gasteiger partial charge is 0.493 e. The van der Waals surface area contributed by atoms with Crippen LogP contribution in [0.2, 0.25) is 0 Å². The van der Waals surface area contributed by atoms with E-state index in [1.54, 1.807) is 26.4 Å². The summed E-state index contributed by atoms with van der Waals surface area (Å²) < 4.78 is 28.8. The Morgan fingerprint density at radius 2 is 2.05 bits per heavy atom. The first kappa shape index (κ1) is 16.5. The van der Waals surface area contributed by atoms with Crippen molar-refractivity contribution in [1.29, 1.82) is 0 Å². The highest BCUT2D eigenvalue weighted by atomic mass is 35.5. The van der Waals surface area contributed by atoms with E-state index in [0.717, 1.165) is 5.56 Å². The van der Waals surface area contributed by atoms with E-state index in [1.807, 2.05) is 6.07 Å². The van der Waals surface area contributed by atoms with Crippen molar-refractivity contribution in [2.45, 2.75) is 18.6 Å². The van der Waals surface area contributed by atoms with E-state index >= 15 is 0 Å². The lowest BCUT2D eigenvalue weighted by molar-refractivity contribution is 0.324. The molecule has 120 valence electrons. The average Bonchev–Trinajstić information content (AvgIpc) is 3.15. The fourth-order valence-corrected chi connectivity index (χ4v) is 2.35. The number of aromatic nitrogens is 2.